The summed E-state index contributed by atoms with van der Waals surface area (Å²) in [5.74, 6) is 2.42. The van der Waals surface area contributed by atoms with E-state index in [-0.39, 0.29) is 24.4 Å². The Morgan fingerprint density at radius 3 is 2.63 bits per heavy atom. The summed E-state index contributed by atoms with van der Waals surface area (Å²) >= 11 is 3.64. The Kier molecular flexibility index (Phi) is 5.47. The predicted molar refractivity (Wildman–Crippen MR) is 78.2 cm³/mol. The molecule has 0 aromatic heterocycles. The summed E-state index contributed by atoms with van der Waals surface area (Å²) in [4.78, 5) is 0.392. The maximum absolute atomic E-state index is 10.0. The Balaban J connectivity index is 1.81. The molecule has 0 spiro atoms. The minimum Gasteiger partial charge on any atom is -0.390 e. The van der Waals surface area contributed by atoms with Crippen molar-refractivity contribution in [2.45, 2.75) is 68.0 Å². The molecule has 4 heteroatoms. The maximum Gasteiger partial charge on any atom is 0.0868 e. The average Bonchev–Trinajstić information content (AvgIpc) is 2.96. The third-order valence-corrected chi connectivity index (χ3v) is 5.09. The molecule has 0 bridgehead atoms. The summed E-state index contributed by atoms with van der Waals surface area (Å²) < 4.78 is 11.9. The van der Waals surface area contributed by atoms with E-state index in [1.54, 1.807) is 12.2 Å². The Morgan fingerprint density at radius 2 is 2.00 bits per heavy atom. The first-order chi connectivity index (χ1) is 9.15. The molecule has 2 saturated heterocycles. The number of terminal acetylenes is 1. The zero-order valence-corrected chi connectivity index (χ0v) is 12.8. The van der Waals surface area contributed by atoms with Crippen LogP contribution in [0, 0.1) is 12.3 Å². The molecule has 2 heterocycles. The normalized spacial score (nSPS) is 37.2. The monoisotopic (exact) mass is 328 g/mol. The summed E-state index contributed by atoms with van der Waals surface area (Å²) in [6, 6.07) is 0. The van der Waals surface area contributed by atoms with Crippen LogP contribution in [0.2, 0.25) is 0 Å². The van der Waals surface area contributed by atoms with Gasteiger partial charge in [0.05, 0.1) is 30.5 Å². The molecule has 0 aromatic carbocycles. The van der Waals surface area contributed by atoms with Crippen molar-refractivity contribution in [2.24, 2.45) is 0 Å². The van der Waals surface area contributed by atoms with Crippen molar-refractivity contribution in [3.8, 4) is 12.3 Å². The van der Waals surface area contributed by atoms with Gasteiger partial charge in [-0.1, -0.05) is 34.9 Å². The summed E-state index contributed by atoms with van der Waals surface area (Å²) in [5, 5.41) is 10.0. The van der Waals surface area contributed by atoms with E-state index in [9.17, 15) is 5.11 Å². The van der Waals surface area contributed by atoms with Crippen LogP contribution in [-0.2, 0) is 9.47 Å². The number of rotatable bonds is 5. The van der Waals surface area contributed by atoms with Crippen LogP contribution in [-0.4, -0.2) is 40.5 Å². The molecule has 0 amide bonds. The fourth-order valence-corrected chi connectivity index (χ4v) is 3.12. The molecule has 0 saturated carbocycles. The van der Waals surface area contributed by atoms with Crippen LogP contribution in [0.25, 0.3) is 0 Å². The molecule has 2 aliphatic rings. The molecule has 2 aliphatic heterocycles. The second-order valence-corrected chi connectivity index (χ2v) is 6.37. The highest BCUT2D eigenvalue weighted by atomic mass is 79.9. The first kappa shape index (κ1) is 15.1. The van der Waals surface area contributed by atoms with Gasteiger partial charge in [-0.25, -0.2) is 0 Å². The number of fused-ring (bicyclic) bond motifs is 1. The van der Waals surface area contributed by atoms with Crippen molar-refractivity contribution in [1.82, 2.24) is 0 Å². The van der Waals surface area contributed by atoms with E-state index in [1.807, 2.05) is 0 Å². The molecular formula is C15H21BrO3. The van der Waals surface area contributed by atoms with Gasteiger partial charge in [-0.05, 0) is 18.9 Å². The van der Waals surface area contributed by atoms with Crippen molar-refractivity contribution in [3.05, 3.63) is 12.2 Å². The highest BCUT2D eigenvalue weighted by Crippen LogP contribution is 2.38. The SMILES string of the molecule is C#CC=CCC(O)C1CC2OC(C(Br)CC)CC2O1. The number of ether oxygens (including phenoxy) is 2. The van der Waals surface area contributed by atoms with E-state index in [0.717, 1.165) is 19.3 Å². The van der Waals surface area contributed by atoms with Gasteiger partial charge in [0.25, 0.3) is 0 Å². The van der Waals surface area contributed by atoms with Gasteiger partial charge in [-0.15, -0.1) is 6.42 Å². The molecule has 2 fully saturated rings. The third kappa shape index (κ3) is 3.61. The van der Waals surface area contributed by atoms with Gasteiger partial charge >= 0.3 is 0 Å². The van der Waals surface area contributed by atoms with Gasteiger partial charge in [0.1, 0.15) is 0 Å². The van der Waals surface area contributed by atoms with E-state index in [2.05, 4.69) is 28.8 Å². The molecule has 1 N–H and O–H groups in total. The number of halogens is 1. The second kappa shape index (κ2) is 6.90. The largest absolute Gasteiger partial charge is 0.390 e. The average molecular weight is 329 g/mol. The van der Waals surface area contributed by atoms with Gasteiger partial charge in [0.2, 0.25) is 0 Å². The van der Waals surface area contributed by atoms with E-state index < -0.39 is 6.10 Å². The zero-order valence-electron chi connectivity index (χ0n) is 11.2. The molecule has 3 nitrogen and oxygen atoms in total. The fourth-order valence-electron chi connectivity index (χ4n) is 2.78. The number of hydrogen-bond acceptors (Lipinski definition) is 3. The number of aliphatic hydroxyl groups excluding tert-OH is 1. The summed E-state index contributed by atoms with van der Waals surface area (Å²) in [6.07, 6.45) is 11.7. The van der Waals surface area contributed by atoms with Crippen LogP contribution in [0.4, 0.5) is 0 Å². The number of aliphatic hydroxyl groups is 1. The van der Waals surface area contributed by atoms with E-state index >= 15 is 0 Å². The molecule has 6 unspecified atom stereocenters. The fraction of sp³-hybridized carbons (Fsp3) is 0.733. The van der Waals surface area contributed by atoms with Crippen LogP contribution < -0.4 is 0 Å². The highest BCUT2D eigenvalue weighted by Gasteiger charge is 2.46. The molecule has 6 atom stereocenters. The lowest BCUT2D eigenvalue weighted by atomic mass is 10.0. The lowest BCUT2D eigenvalue weighted by Crippen LogP contribution is -2.28. The van der Waals surface area contributed by atoms with Crippen LogP contribution >= 0.6 is 15.9 Å². The van der Waals surface area contributed by atoms with Crippen LogP contribution in [0.1, 0.15) is 32.6 Å². The van der Waals surface area contributed by atoms with E-state index in [0.29, 0.717) is 11.2 Å². The maximum atomic E-state index is 10.0. The van der Waals surface area contributed by atoms with Crippen molar-refractivity contribution in [1.29, 1.82) is 0 Å². The number of hydrogen-bond donors (Lipinski definition) is 1. The predicted octanol–water partition coefficient (Wildman–Crippen LogP) is 2.42. The molecule has 19 heavy (non-hydrogen) atoms. The van der Waals surface area contributed by atoms with Gasteiger partial charge in [0, 0.05) is 17.7 Å². The van der Waals surface area contributed by atoms with Gasteiger partial charge in [-0.3, -0.25) is 0 Å². The first-order valence-electron chi connectivity index (χ1n) is 6.89. The summed E-state index contributed by atoms with van der Waals surface area (Å²) in [6.45, 7) is 2.14. The van der Waals surface area contributed by atoms with E-state index in [1.165, 1.54) is 0 Å². The van der Waals surface area contributed by atoms with Crippen LogP contribution in [0.5, 0.6) is 0 Å². The molecule has 106 valence electrons. The molecule has 2 rings (SSSR count). The van der Waals surface area contributed by atoms with Crippen molar-refractivity contribution >= 4 is 15.9 Å². The first-order valence-corrected chi connectivity index (χ1v) is 7.81. The Labute approximate surface area is 123 Å². The van der Waals surface area contributed by atoms with Gasteiger partial charge < -0.3 is 14.6 Å². The Bertz CT molecular complexity index is 349. The second-order valence-electron chi connectivity index (χ2n) is 5.19. The molecular weight excluding hydrogens is 308 g/mol. The number of alkyl halides is 1. The molecule has 0 radical (unpaired) electrons. The van der Waals surface area contributed by atoms with Crippen molar-refractivity contribution < 1.29 is 14.6 Å². The van der Waals surface area contributed by atoms with Crippen molar-refractivity contribution in [3.63, 3.8) is 0 Å². The lowest BCUT2D eigenvalue weighted by Gasteiger charge is -2.21. The Morgan fingerprint density at radius 1 is 1.37 bits per heavy atom. The van der Waals surface area contributed by atoms with Gasteiger partial charge in [-0.2, -0.15) is 0 Å². The smallest absolute Gasteiger partial charge is 0.0868 e. The molecule has 0 aliphatic carbocycles. The minimum absolute atomic E-state index is 0.131. The highest BCUT2D eigenvalue weighted by molar-refractivity contribution is 9.09. The standard InChI is InChI=1S/C15H21BrO3/c1-3-5-6-7-11(17)13-9-15-14(19-13)8-12(18-15)10(16)4-2/h1,5-6,10-15,17H,4,7-9H2,2H3. The third-order valence-electron chi connectivity index (χ3n) is 3.86. The quantitative estimate of drug-likeness (QED) is 0.622. The Hall–Kier alpha value is -0.340. The summed E-state index contributed by atoms with van der Waals surface area (Å²) in [7, 11) is 0. The van der Waals surface area contributed by atoms with Crippen molar-refractivity contribution in [2.75, 3.05) is 0 Å². The zero-order chi connectivity index (χ0) is 13.8. The topological polar surface area (TPSA) is 38.7 Å². The van der Waals surface area contributed by atoms with Crippen LogP contribution in [0.15, 0.2) is 12.2 Å². The lowest BCUT2D eigenvalue weighted by molar-refractivity contribution is -0.0330. The van der Waals surface area contributed by atoms with Crippen LogP contribution in [0.3, 0.4) is 0 Å². The van der Waals surface area contributed by atoms with Gasteiger partial charge in [0.15, 0.2) is 0 Å². The minimum atomic E-state index is -0.497. The van der Waals surface area contributed by atoms with E-state index in [4.69, 9.17) is 15.9 Å². The number of allylic oxidation sites excluding steroid dienone is 1. The summed E-state index contributed by atoms with van der Waals surface area (Å²) in [5.41, 5.74) is 0. The molecule has 0 aromatic rings.